The maximum Gasteiger partial charge on any atom is 0.416 e. The fourth-order valence-electron chi connectivity index (χ4n) is 1.31. The highest BCUT2D eigenvalue weighted by molar-refractivity contribution is 5.56. The van der Waals surface area contributed by atoms with Crippen molar-refractivity contribution in [3.05, 3.63) is 41.0 Å². The molecule has 0 unspecified atom stereocenters. The van der Waals surface area contributed by atoms with Gasteiger partial charge in [-0.05, 0) is 23.8 Å². The highest BCUT2D eigenvalue weighted by Crippen LogP contribution is 2.36. The molecule has 0 aliphatic carbocycles. The number of halogens is 6. The van der Waals surface area contributed by atoms with E-state index in [1.54, 1.807) is 0 Å². The third-order valence-electron chi connectivity index (χ3n) is 2.09. The van der Waals surface area contributed by atoms with Crippen molar-refractivity contribution < 1.29 is 31.4 Å². The van der Waals surface area contributed by atoms with Gasteiger partial charge in [0, 0.05) is 0 Å². The van der Waals surface area contributed by atoms with Crippen LogP contribution < -0.4 is 0 Å². The first-order chi connectivity index (χ1) is 8.16. The summed E-state index contributed by atoms with van der Waals surface area (Å²) in [5.41, 5.74) is -2.99. The molecule has 0 amide bonds. The van der Waals surface area contributed by atoms with E-state index in [0.29, 0.717) is 18.2 Å². The van der Waals surface area contributed by atoms with E-state index in [1.165, 1.54) is 0 Å². The van der Waals surface area contributed by atoms with E-state index < -0.39 is 35.6 Å². The van der Waals surface area contributed by atoms with Crippen LogP contribution in [-0.2, 0) is 12.4 Å². The van der Waals surface area contributed by atoms with Crippen LogP contribution in [0.5, 0.6) is 0 Å². The lowest BCUT2D eigenvalue weighted by atomic mass is 10.0. The molecule has 0 spiro atoms. The van der Waals surface area contributed by atoms with Crippen LogP contribution in [0.15, 0.2) is 24.3 Å². The molecule has 7 heteroatoms. The molecule has 1 nitrogen and oxygen atoms in total. The van der Waals surface area contributed by atoms with Gasteiger partial charge >= 0.3 is 12.4 Å². The van der Waals surface area contributed by atoms with Crippen LogP contribution in [0.3, 0.4) is 0 Å². The molecule has 0 heterocycles. The van der Waals surface area contributed by atoms with Crippen LogP contribution in [-0.4, -0.2) is 11.7 Å². The minimum atomic E-state index is -4.75. The number of hydrogen-bond donors (Lipinski definition) is 1. The largest absolute Gasteiger partial charge is 0.416 e. The highest BCUT2D eigenvalue weighted by Gasteiger charge is 2.36. The molecule has 0 aliphatic rings. The first kappa shape index (κ1) is 14.6. The lowest BCUT2D eigenvalue weighted by molar-refractivity contribution is -0.141. The van der Waals surface area contributed by atoms with E-state index in [1.807, 2.05) is 0 Å². The van der Waals surface area contributed by atoms with Crippen LogP contribution in [0, 0.1) is 0 Å². The number of benzene rings is 1. The molecule has 0 saturated carbocycles. The molecule has 0 aromatic heterocycles. The number of alkyl halides is 6. The average Bonchev–Trinajstić information content (AvgIpc) is 2.23. The SMILES string of the molecule is OC/C=C/c1cc(C(F)(F)F)ccc1C(F)(F)F. The van der Waals surface area contributed by atoms with E-state index in [0.717, 1.165) is 12.2 Å². The second-order valence-corrected chi connectivity index (χ2v) is 3.38. The molecular formula is C11H8F6O. The predicted octanol–water partition coefficient (Wildman–Crippen LogP) is 3.73. The molecule has 1 aromatic rings. The van der Waals surface area contributed by atoms with Crippen molar-refractivity contribution in [2.75, 3.05) is 6.61 Å². The van der Waals surface area contributed by atoms with Crippen molar-refractivity contribution >= 4 is 6.08 Å². The Balaban J connectivity index is 3.34. The number of rotatable bonds is 2. The molecule has 18 heavy (non-hydrogen) atoms. The van der Waals surface area contributed by atoms with Crippen molar-refractivity contribution in [1.82, 2.24) is 0 Å². The Morgan fingerprint density at radius 1 is 1.00 bits per heavy atom. The standard InChI is InChI=1S/C11H8F6O/c12-10(13,14)8-3-4-9(11(15,16)17)7(6-8)2-1-5-18/h1-4,6,18H,5H2/b2-1+. The summed E-state index contributed by atoms with van der Waals surface area (Å²) in [5, 5.41) is 8.46. The first-order valence-electron chi connectivity index (χ1n) is 4.72. The summed E-state index contributed by atoms with van der Waals surface area (Å²) in [5.74, 6) is 0. The Hall–Kier alpha value is -1.50. The maximum absolute atomic E-state index is 12.5. The van der Waals surface area contributed by atoms with Gasteiger partial charge in [0.2, 0.25) is 0 Å². The van der Waals surface area contributed by atoms with Crippen molar-refractivity contribution in [2.45, 2.75) is 12.4 Å². The summed E-state index contributed by atoms with van der Waals surface area (Å²) in [6.07, 6.45) is -7.73. The molecule has 1 aromatic carbocycles. The number of aliphatic hydroxyl groups is 1. The van der Waals surface area contributed by atoms with Gasteiger partial charge in [-0.2, -0.15) is 26.3 Å². The summed E-state index contributed by atoms with van der Waals surface area (Å²) in [4.78, 5) is 0. The monoisotopic (exact) mass is 270 g/mol. The molecular weight excluding hydrogens is 262 g/mol. The topological polar surface area (TPSA) is 20.2 Å². The molecule has 1 rings (SSSR count). The number of aliphatic hydroxyl groups excluding tert-OH is 1. The summed E-state index contributed by atoms with van der Waals surface area (Å²) in [6.45, 7) is -0.562. The van der Waals surface area contributed by atoms with Gasteiger partial charge in [-0.1, -0.05) is 12.2 Å². The van der Waals surface area contributed by atoms with E-state index >= 15 is 0 Å². The smallest absolute Gasteiger partial charge is 0.392 e. The van der Waals surface area contributed by atoms with Gasteiger partial charge in [0.05, 0.1) is 17.7 Å². The molecule has 0 atom stereocenters. The minimum Gasteiger partial charge on any atom is -0.392 e. The molecule has 0 aliphatic heterocycles. The molecule has 0 radical (unpaired) electrons. The van der Waals surface area contributed by atoms with Gasteiger partial charge in [0.1, 0.15) is 0 Å². The van der Waals surface area contributed by atoms with Crippen molar-refractivity contribution in [3.63, 3.8) is 0 Å². The van der Waals surface area contributed by atoms with Gasteiger partial charge in [0.25, 0.3) is 0 Å². The summed E-state index contributed by atoms with van der Waals surface area (Å²) in [6, 6.07) is 1.15. The summed E-state index contributed by atoms with van der Waals surface area (Å²) in [7, 11) is 0. The van der Waals surface area contributed by atoms with Gasteiger partial charge in [-0.15, -0.1) is 0 Å². The Morgan fingerprint density at radius 2 is 1.61 bits per heavy atom. The van der Waals surface area contributed by atoms with Crippen molar-refractivity contribution in [3.8, 4) is 0 Å². The van der Waals surface area contributed by atoms with Gasteiger partial charge in [0.15, 0.2) is 0 Å². The fourth-order valence-corrected chi connectivity index (χ4v) is 1.31. The lowest BCUT2D eigenvalue weighted by Crippen LogP contribution is -2.11. The van der Waals surface area contributed by atoms with Crippen LogP contribution >= 0.6 is 0 Å². The Bertz CT molecular complexity index is 444. The zero-order chi connectivity index (χ0) is 14.0. The third-order valence-corrected chi connectivity index (χ3v) is 2.09. The van der Waals surface area contributed by atoms with Gasteiger partial charge < -0.3 is 5.11 Å². The quantitative estimate of drug-likeness (QED) is 0.812. The highest BCUT2D eigenvalue weighted by atomic mass is 19.4. The fraction of sp³-hybridized carbons (Fsp3) is 0.273. The second kappa shape index (κ2) is 5.01. The van der Waals surface area contributed by atoms with E-state index in [2.05, 4.69) is 0 Å². The summed E-state index contributed by atoms with van der Waals surface area (Å²) < 4.78 is 74.7. The maximum atomic E-state index is 12.5. The van der Waals surface area contributed by atoms with Crippen LogP contribution in [0.2, 0.25) is 0 Å². The zero-order valence-electron chi connectivity index (χ0n) is 8.81. The average molecular weight is 270 g/mol. The van der Waals surface area contributed by atoms with E-state index in [-0.39, 0.29) is 0 Å². The lowest BCUT2D eigenvalue weighted by Gasteiger charge is -2.13. The Labute approximate surface area is 98.4 Å². The molecule has 1 N–H and O–H groups in total. The molecule has 0 fully saturated rings. The molecule has 100 valence electrons. The van der Waals surface area contributed by atoms with Crippen LogP contribution in [0.1, 0.15) is 16.7 Å². The first-order valence-corrected chi connectivity index (χ1v) is 4.72. The predicted molar refractivity (Wildman–Crippen MR) is 52.6 cm³/mol. The van der Waals surface area contributed by atoms with Gasteiger partial charge in [-0.3, -0.25) is 0 Å². The molecule has 0 saturated heterocycles. The van der Waals surface area contributed by atoms with Crippen LogP contribution in [0.25, 0.3) is 6.08 Å². The van der Waals surface area contributed by atoms with E-state index in [4.69, 9.17) is 5.11 Å². The third kappa shape index (κ3) is 3.49. The minimum absolute atomic E-state index is 0.374. The zero-order valence-corrected chi connectivity index (χ0v) is 8.81. The molecule has 0 bridgehead atoms. The van der Waals surface area contributed by atoms with Gasteiger partial charge in [-0.25, -0.2) is 0 Å². The Morgan fingerprint density at radius 3 is 2.06 bits per heavy atom. The van der Waals surface area contributed by atoms with Crippen molar-refractivity contribution in [1.29, 1.82) is 0 Å². The van der Waals surface area contributed by atoms with E-state index in [9.17, 15) is 26.3 Å². The summed E-state index contributed by atoms with van der Waals surface area (Å²) >= 11 is 0. The number of hydrogen-bond acceptors (Lipinski definition) is 1. The normalized spacial score (nSPS) is 13.3. The van der Waals surface area contributed by atoms with Crippen molar-refractivity contribution in [2.24, 2.45) is 0 Å². The van der Waals surface area contributed by atoms with Crippen LogP contribution in [0.4, 0.5) is 26.3 Å². The second-order valence-electron chi connectivity index (χ2n) is 3.38. The Kier molecular flexibility index (Phi) is 4.05.